The van der Waals surface area contributed by atoms with Gasteiger partial charge in [0.1, 0.15) is 0 Å². The Bertz CT molecular complexity index is 3120. The summed E-state index contributed by atoms with van der Waals surface area (Å²) in [6, 6.07) is 76.3. The fraction of sp³-hybridized carbons (Fsp3) is 0. The summed E-state index contributed by atoms with van der Waals surface area (Å²) in [6.07, 6.45) is 5.90. The fourth-order valence-electron chi connectivity index (χ4n) is 8.52. The van der Waals surface area contributed by atoms with Crippen LogP contribution in [0.4, 0.5) is 17.1 Å². The van der Waals surface area contributed by atoms with Gasteiger partial charge in [0.2, 0.25) is 0 Å². The third-order valence-corrected chi connectivity index (χ3v) is 11.4. The summed E-state index contributed by atoms with van der Waals surface area (Å²) in [5.74, 6) is 0. The molecule has 0 unspecified atom stereocenters. The highest BCUT2D eigenvalue weighted by atomic mass is 15.1. The molecule has 0 aliphatic carbocycles. The van der Waals surface area contributed by atoms with E-state index in [4.69, 9.17) is 0 Å². The maximum Gasteiger partial charge on any atom is 0.0548 e. The first-order valence-corrected chi connectivity index (χ1v) is 20.0. The van der Waals surface area contributed by atoms with Crippen molar-refractivity contribution in [1.82, 2.24) is 14.1 Å². The van der Waals surface area contributed by atoms with Crippen LogP contribution in [0.1, 0.15) is 0 Å². The molecule has 0 saturated carbocycles. The Labute approximate surface area is 343 Å². The molecule has 11 aromatic rings. The minimum absolute atomic E-state index is 1.08. The lowest BCUT2D eigenvalue weighted by molar-refractivity contribution is 1.13. The summed E-state index contributed by atoms with van der Waals surface area (Å²) in [4.78, 5) is 6.67. The van der Waals surface area contributed by atoms with E-state index >= 15 is 0 Å². The van der Waals surface area contributed by atoms with E-state index in [1.807, 2.05) is 18.5 Å². The van der Waals surface area contributed by atoms with E-state index in [2.05, 4.69) is 231 Å². The van der Waals surface area contributed by atoms with Crippen molar-refractivity contribution in [2.24, 2.45) is 0 Å². The second kappa shape index (κ2) is 14.5. The molecule has 0 amide bonds. The van der Waals surface area contributed by atoms with Crippen molar-refractivity contribution in [2.45, 2.75) is 0 Å². The highest BCUT2D eigenvalue weighted by Gasteiger charge is 2.18. The highest BCUT2D eigenvalue weighted by molar-refractivity contribution is 6.14. The lowest BCUT2D eigenvalue weighted by Crippen LogP contribution is -2.09. The predicted octanol–water partition coefficient (Wildman–Crippen LogP) is 14.6. The van der Waals surface area contributed by atoms with Crippen molar-refractivity contribution >= 4 is 49.8 Å². The smallest absolute Gasteiger partial charge is 0.0548 e. The summed E-state index contributed by atoms with van der Waals surface area (Å²) in [7, 11) is 0. The van der Waals surface area contributed by atoms with E-state index in [0.717, 1.165) is 45.1 Å². The van der Waals surface area contributed by atoms with Gasteiger partial charge in [-0.25, -0.2) is 0 Å². The SMILES string of the molecule is c1ccc(-c2ccc(N(c3ccc(-c4cccnc4)cc3)c3ccc(-c4ccc5c(c4)c4cc6c(ccn6-c6ccccc6)cc4n5-c4ccccc4)cc3)cc2)cc1. The number of anilines is 3. The van der Waals surface area contributed by atoms with Crippen LogP contribution in [0, 0.1) is 0 Å². The normalized spacial score (nSPS) is 11.4. The number of hydrogen-bond acceptors (Lipinski definition) is 2. The molecule has 3 heterocycles. The molecular formula is C55H38N4. The molecule has 0 radical (unpaired) electrons. The minimum atomic E-state index is 1.08. The van der Waals surface area contributed by atoms with Crippen LogP contribution in [0.2, 0.25) is 0 Å². The molecule has 0 bridgehead atoms. The van der Waals surface area contributed by atoms with Gasteiger partial charge in [-0.15, -0.1) is 0 Å². The van der Waals surface area contributed by atoms with E-state index in [1.54, 1.807) is 0 Å². The van der Waals surface area contributed by atoms with E-state index < -0.39 is 0 Å². The molecular weight excluding hydrogens is 717 g/mol. The number of para-hydroxylation sites is 2. The predicted molar refractivity (Wildman–Crippen MR) is 246 cm³/mol. The Morgan fingerprint density at radius 2 is 0.864 bits per heavy atom. The standard InChI is InChI=1S/C55H38N4/c1-4-11-39(12-5-1)40-18-25-48(26-19-40)58(50-29-22-42(23-30-50)45-13-10-33-56-38-45)49-27-20-41(21-28-49)43-24-31-53-51(35-43)52-37-54-44(32-34-57(54)46-14-6-2-7-15-46)36-55(52)59(53)47-16-8-3-9-17-47/h1-38H. The summed E-state index contributed by atoms with van der Waals surface area (Å²) in [6.45, 7) is 0. The zero-order chi connectivity index (χ0) is 39.1. The van der Waals surface area contributed by atoms with Gasteiger partial charge >= 0.3 is 0 Å². The molecule has 0 atom stereocenters. The van der Waals surface area contributed by atoms with Gasteiger partial charge in [-0.05, 0) is 130 Å². The van der Waals surface area contributed by atoms with Gasteiger partial charge in [0.05, 0.1) is 16.6 Å². The van der Waals surface area contributed by atoms with Crippen molar-refractivity contribution in [2.75, 3.05) is 4.90 Å². The summed E-state index contributed by atoms with van der Waals surface area (Å²) < 4.78 is 4.69. The molecule has 0 aliphatic rings. The van der Waals surface area contributed by atoms with Crippen molar-refractivity contribution < 1.29 is 0 Å². The van der Waals surface area contributed by atoms with Crippen molar-refractivity contribution in [1.29, 1.82) is 0 Å². The van der Waals surface area contributed by atoms with E-state index in [1.165, 1.54) is 49.4 Å². The number of fused-ring (bicyclic) bond motifs is 4. The molecule has 11 rings (SSSR count). The topological polar surface area (TPSA) is 26.0 Å². The van der Waals surface area contributed by atoms with Crippen LogP contribution in [0.3, 0.4) is 0 Å². The van der Waals surface area contributed by atoms with Crippen LogP contribution in [0.5, 0.6) is 0 Å². The van der Waals surface area contributed by atoms with Gasteiger partial charge in [-0.3, -0.25) is 4.98 Å². The molecule has 8 aromatic carbocycles. The second-order valence-electron chi connectivity index (χ2n) is 14.9. The van der Waals surface area contributed by atoms with Crippen molar-refractivity contribution in [3.63, 3.8) is 0 Å². The number of aromatic nitrogens is 3. The monoisotopic (exact) mass is 754 g/mol. The third kappa shape index (κ3) is 6.24. The number of nitrogens with zero attached hydrogens (tertiary/aromatic N) is 4. The molecule has 0 N–H and O–H groups in total. The second-order valence-corrected chi connectivity index (χ2v) is 14.9. The average molecular weight is 755 g/mol. The largest absolute Gasteiger partial charge is 0.317 e. The summed E-state index contributed by atoms with van der Waals surface area (Å²) >= 11 is 0. The maximum absolute atomic E-state index is 4.34. The Kier molecular flexibility index (Phi) is 8.45. The molecule has 59 heavy (non-hydrogen) atoms. The van der Waals surface area contributed by atoms with Gasteiger partial charge in [0, 0.05) is 63.2 Å². The number of hydrogen-bond donors (Lipinski definition) is 0. The quantitative estimate of drug-likeness (QED) is 0.154. The third-order valence-electron chi connectivity index (χ3n) is 11.4. The fourth-order valence-corrected chi connectivity index (χ4v) is 8.52. The molecule has 0 spiro atoms. The molecule has 278 valence electrons. The van der Waals surface area contributed by atoms with Crippen LogP contribution < -0.4 is 4.90 Å². The first kappa shape index (κ1) is 34.3. The van der Waals surface area contributed by atoms with Gasteiger partial charge in [-0.2, -0.15) is 0 Å². The Balaban J connectivity index is 1.01. The highest BCUT2D eigenvalue weighted by Crippen LogP contribution is 2.40. The molecule has 0 saturated heterocycles. The van der Waals surface area contributed by atoms with Crippen molar-refractivity contribution in [3.05, 3.63) is 231 Å². The number of pyridine rings is 1. The van der Waals surface area contributed by atoms with Gasteiger partial charge < -0.3 is 14.0 Å². The zero-order valence-electron chi connectivity index (χ0n) is 32.2. The summed E-state index contributed by atoms with van der Waals surface area (Å²) in [5, 5.41) is 3.66. The van der Waals surface area contributed by atoms with Gasteiger partial charge in [-0.1, -0.05) is 115 Å². The average Bonchev–Trinajstić information content (AvgIpc) is 3.88. The molecule has 0 fully saturated rings. The maximum atomic E-state index is 4.34. The minimum Gasteiger partial charge on any atom is -0.317 e. The lowest BCUT2D eigenvalue weighted by atomic mass is 10.0. The Morgan fingerprint density at radius 1 is 0.356 bits per heavy atom. The van der Waals surface area contributed by atoms with Crippen LogP contribution in [0.15, 0.2) is 231 Å². The Morgan fingerprint density at radius 3 is 1.47 bits per heavy atom. The summed E-state index contributed by atoms with van der Waals surface area (Å²) in [5.41, 5.74) is 16.1. The van der Waals surface area contributed by atoms with Crippen LogP contribution in [0.25, 0.3) is 77.5 Å². The van der Waals surface area contributed by atoms with Crippen LogP contribution >= 0.6 is 0 Å². The molecule has 4 nitrogen and oxygen atoms in total. The van der Waals surface area contributed by atoms with Gasteiger partial charge in [0.25, 0.3) is 0 Å². The molecule has 0 aliphatic heterocycles. The first-order chi connectivity index (χ1) is 29.2. The van der Waals surface area contributed by atoms with Gasteiger partial charge in [0.15, 0.2) is 0 Å². The number of benzene rings is 8. The molecule has 4 heteroatoms. The van der Waals surface area contributed by atoms with E-state index in [-0.39, 0.29) is 0 Å². The van der Waals surface area contributed by atoms with Crippen LogP contribution in [-0.4, -0.2) is 14.1 Å². The number of rotatable bonds is 8. The molecule has 3 aromatic heterocycles. The lowest BCUT2D eigenvalue weighted by Gasteiger charge is -2.26. The van der Waals surface area contributed by atoms with Crippen molar-refractivity contribution in [3.8, 4) is 44.8 Å². The zero-order valence-corrected chi connectivity index (χ0v) is 32.2. The van der Waals surface area contributed by atoms with E-state index in [0.29, 0.717) is 0 Å². The van der Waals surface area contributed by atoms with Crippen LogP contribution in [-0.2, 0) is 0 Å². The first-order valence-electron chi connectivity index (χ1n) is 20.0. The van der Waals surface area contributed by atoms with E-state index in [9.17, 15) is 0 Å². The Hall–Kier alpha value is -7.95.